The third-order valence-corrected chi connectivity index (χ3v) is 5.40. The lowest BCUT2D eigenvalue weighted by atomic mass is 10.1. The van der Waals surface area contributed by atoms with Gasteiger partial charge in [0.1, 0.15) is 0 Å². The molecule has 0 unspecified atom stereocenters. The van der Waals surface area contributed by atoms with Crippen LogP contribution in [0.25, 0.3) is 0 Å². The Labute approximate surface area is 176 Å². The van der Waals surface area contributed by atoms with Crippen LogP contribution < -0.4 is 0 Å². The number of hydrogen-bond acceptors (Lipinski definition) is 4. The Morgan fingerprint density at radius 2 is 1.20 bits per heavy atom. The van der Waals surface area contributed by atoms with E-state index in [0.717, 1.165) is 49.2 Å². The number of nitrogens with zero attached hydrogens (tertiary/aromatic N) is 3. The minimum Gasteiger partial charge on any atom is -0.274 e. The molecule has 0 fully saturated rings. The van der Waals surface area contributed by atoms with Gasteiger partial charge in [0.05, 0.1) is 11.1 Å². The van der Waals surface area contributed by atoms with Crippen LogP contribution in [0.15, 0.2) is 66.9 Å². The molecule has 0 aliphatic carbocycles. The molecule has 3 aromatic rings. The zero-order valence-electron chi connectivity index (χ0n) is 17.0. The maximum Gasteiger partial charge on any atom is 0.261 e. The number of benzene rings is 1. The van der Waals surface area contributed by atoms with Crippen LogP contribution in [0, 0.1) is 0 Å². The molecule has 5 heteroatoms. The molecule has 0 atom stereocenters. The summed E-state index contributed by atoms with van der Waals surface area (Å²) in [6.07, 6.45) is 7.38. The van der Waals surface area contributed by atoms with Gasteiger partial charge in [-0.15, -0.1) is 0 Å². The van der Waals surface area contributed by atoms with Crippen LogP contribution in [-0.2, 0) is 19.3 Å². The van der Waals surface area contributed by atoms with E-state index in [1.807, 2.05) is 30.5 Å². The Balaban J connectivity index is 1.24. The van der Waals surface area contributed by atoms with Crippen molar-refractivity contribution in [1.29, 1.82) is 0 Å². The van der Waals surface area contributed by atoms with Crippen molar-refractivity contribution >= 4 is 11.8 Å². The first kappa shape index (κ1) is 20.0. The van der Waals surface area contributed by atoms with Crippen molar-refractivity contribution in [1.82, 2.24) is 14.9 Å². The van der Waals surface area contributed by atoms with Crippen LogP contribution in [0.4, 0.5) is 0 Å². The van der Waals surface area contributed by atoms with E-state index < -0.39 is 0 Å². The minimum atomic E-state index is -0.190. The highest BCUT2D eigenvalue weighted by molar-refractivity contribution is 6.21. The first-order chi connectivity index (χ1) is 14.7. The van der Waals surface area contributed by atoms with Crippen molar-refractivity contribution in [3.8, 4) is 0 Å². The molecule has 30 heavy (non-hydrogen) atoms. The van der Waals surface area contributed by atoms with Crippen LogP contribution in [0.5, 0.6) is 0 Å². The smallest absolute Gasteiger partial charge is 0.261 e. The summed E-state index contributed by atoms with van der Waals surface area (Å²) in [6, 6.07) is 19.2. The number of amides is 2. The number of aromatic nitrogens is 2. The molecule has 1 aliphatic rings. The van der Waals surface area contributed by atoms with Crippen molar-refractivity contribution in [3.63, 3.8) is 0 Å². The van der Waals surface area contributed by atoms with Gasteiger partial charge in [0.2, 0.25) is 0 Å². The number of aryl methyl sites for hydroxylation is 3. The highest BCUT2D eigenvalue weighted by Crippen LogP contribution is 2.22. The van der Waals surface area contributed by atoms with E-state index in [0.29, 0.717) is 24.1 Å². The molecule has 3 heterocycles. The molecule has 0 spiro atoms. The average molecular weight is 399 g/mol. The quantitative estimate of drug-likeness (QED) is 0.398. The third kappa shape index (κ3) is 4.62. The van der Waals surface area contributed by atoms with Gasteiger partial charge in [-0.3, -0.25) is 24.5 Å². The topological polar surface area (TPSA) is 63.2 Å². The number of unbranched alkanes of at least 4 members (excludes halogenated alkanes) is 1. The van der Waals surface area contributed by atoms with Gasteiger partial charge in [0, 0.05) is 29.8 Å². The molecule has 1 aromatic carbocycles. The zero-order valence-corrected chi connectivity index (χ0v) is 17.0. The van der Waals surface area contributed by atoms with Gasteiger partial charge in [-0.05, 0) is 74.9 Å². The van der Waals surface area contributed by atoms with Crippen LogP contribution in [0.3, 0.4) is 0 Å². The normalized spacial score (nSPS) is 13.0. The lowest BCUT2D eigenvalue weighted by Crippen LogP contribution is -2.31. The van der Waals surface area contributed by atoms with E-state index in [1.165, 1.54) is 4.90 Å². The van der Waals surface area contributed by atoms with Crippen molar-refractivity contribution in [2.45, 2.75) is 38.5 Å². The van der Waals surface area contributed by atoms with Crippen molar-refractivity contribution in [3.05, 3.63) is 95.1 Å². The number of imide groups is 1. The van der Waals surface area contributed by atoms with Gasteiger partial charge in [0.15, 0.2) is 0 Å². The Kier molecular flexibility index (Phi) is 6.28. The molecular formula is C25H25N3O2. The van der Waals surface area contributed by atoms with E-state index in [1.54, 1.807) is 24.3 Å². The van der Waals surface area contributed by atoms with Gasteiger partial charge in [-0.2, -0.15) is 0 Å². The zero-order chi connectivity index (χ0) is 20.8. The second kappa shape index (κ2) is 9.44. The fraction of sp³-hybridized carbons (Fsp3) is 0.280. The van der Waals surface area contributed by atoms with E-state index >= 15 is 0 Å². The Morgan fingerprint density at radius 1 is 0.633 bits per heavy atom. The number of carbonyl (C=O) groups is 2. The van der Waals surface area contributed by atoms with Crippen molar-refractivity contribution < 1.29 is 9.59 Å². The van der Waals surface area contributed by atoms with Crippen LogP contribution in [-0.4, -0.2) is 33.2 Å². The Hall–Kier alpha value is -3.34. The number of fused-ring (bicyclic) bond motifs is 1. The second-order valence-electron chi connectivity index (χ2n) is 7.56. The Morgan fingerprint density at radius 3 is 1.83 bits per heavy atom. The molecule has 2 aromatic heterocycles. The molecule has 152 valence electrons. The molecule has 0 saturated heterocycles. The first-order valence-electron chi connectivity index (χ1n) is 10.5. The summed E-state index contributed by atoms with van der Waals surface area (Å²) in [5, 5.41) is 0. The largest absolute Gasteiger partial charge is 0.274 e. The maximum absolute atomic E-state index is 12.4. The van der Waals surface area contributed by atoms with Crippen molar-refractivity contribution in [2.75, 3.05) is 6.54 Å². The standard InChI is InChI=1S/C25H25N3O2/c29-24-22-15-3-4-16-23(22)25(30)28(24)18-8-14-21-13-7-12-20(27-21)11-2-1-9-19-10-5-6-17-26-19/h3-7,10,12-13,15-17H,1-2,8-9,11,14,18H2. The third-order valence-electron chi connectivity index (χ3n) is 5.40. The summed E-state index contributed by atoms with van der Waals surface area (Å²) in [5.74, 6) is -0.379. The summed E-state index contributed by atoms with van der Waals surface area (Å²) in [4.78, 5) is 35.3. The highest BCUT2D eigenvalue weighted by Gasteiger charge is 2.34. The molecule has 0 N–H and O–H groups in total. The van der Waals surface area contributed by atoms with Gasteiger partial charge in [0.25, 0.3) is 11.8 Å². The first-order valence-corrected chi connectivity index (χ1v) is 10.5. The van der Waals surface area contributed by atoms with E-state index in [2.05, 4.69) is 17.1 Å². The van der Waals surface area contributed by atoms with Gasteiger partial charge < -0.3 is 0 Å². The lowest BCUT2D eigenvalue weighted by molar-refractivity contribution is 0.0652. The van der Waals surface area contributed by atoms with Gasteiger partial charge >= 0.3 is 0 Å². The molecule has 0 saturated carbocycles. The molecule has 1 aliphatic heterocycles. The molecule has 4 rings (SSSR count). The van der Waals surface area contributed by atoms with Gasteiger partial charge in [-0.25, -0.2) is 0 Å². The summed E-state index contributed by atoms with van der Waals surface area (Å²) in [7, 11) is 0. The fourth-order valence-corrected chi connectivity index (χ4v) is 3.83. The number of carbonyl (C=O) groups excluding carboxylic acids is 2. The molecule has 2 amide bonds. The summed E-state index contributed by atoms with van der Waals surface area (Å²) >= 11 is 0. The molecule has 5 nitrogen and oxygen atoms in total. The average Bonchev–Trinajstić information content (AvgIpc) is 3.03. The Bertz CT molecular complexity index is 998. The van der Waals surface area contributed by atoms with Gasteiger partial charge in [-0.1, -0.05) is 24.3 Å². The fourth-order valence-electron chi connectivity index (χ4n) is 3.83. The van der Waals surface area contributed by atoms with E-state index in [-0.39, 0.29) is 11.8 Å². The molecule has 0 radical (unpaired) electrons. The lowest BCUT2D eigenvalue weighted by Gasteiger charge is -2.13. The number of hydrogen-bond donors (Lipinski definition) is 0. The molecular weight excluding hydrogens is 374 g/mol. The van der Waals surface area contributed by atoms with Crippen LogP contribution in [0.1, 0.15) is 57.1 Å². The van der Waals surface area contributed by atoms with Crippen LogP contribution >= 0.6 is 0 Å². The second-order valence-corrected chi connectivity index (χ2v) is 7.56. The number of pyridine rings is 2. The minimum absolute atomic E-state index is 0.190. The predicted molar refractivity (Wildman–Crippen MR) is 115 cm³/mol. The SMILES string of the molecule is O=C1c2ccccc2C(=O)N1CCCc1cccc(CCCCc2ccccn2)n1. The van der Waals surface area contributed by atoms with E-state index in [4.69, 9.17) is 4.98 Å². The number of rotatable bonds is 9. The highest BCUT2D eigenvalue weighted by atomic mass is 16.2. The molecule has 0 bridgehead atoms. The van der Waals surface area contributed by atoms with Crippen LogP contribution in [0.2, 0.25) is 0 Å². The maximum atomic E-state index is 12.4. The van der Waals surface area contributed by atoms with Crippen molar-refractivity contribution in [2.24, 2.45) is 0 Å². The monoisotopic (exact) mass is 399 g/mol. The predicted octanol–water partition coefficient (Wildman–Crippen LogP) is 4.27. The summed E-state index contributed by atoms with van der Waals surface area (Å²) in [5.41, 5.74) is 4.25. The summed E-state index contributed by atoms with van der Waals surface area (Å²) in [6.45, 7) is 0.419. The summed E-state index contributed by atoms with van der Waals surface area (Å²) < 4.78 is 0. The van der Waals surface area contributed by atoms with E-state index in [9.17, 15) is 9.59 Å².